The molecule has 1 aromatic rings. The maximum atomic E-state index is 10.7. The van der Waals surface area contributed by atoms with E-state index < -0.39 is 12.1 Å². The maximum absolute atomic E-state index is 10.7. The minimum atomic E-state index is -0.863. The fourth-order valence-corrected chi connectivity index (χ4v) is 2.24. The largest absolute Gasteiger partial charge is 0.481 e. The van der Waals surface area contributed by atoms with Crippen molar-refractivity contribution in [2.24, 2.45) is 0 Å². The average molecular weight is 286 g/mol. The molecule has 0 amide bonds. The van der Waals surface area contributed by atoms with Crippen LogP contribution in [0.4, 0.5) is 0 Å². The number of rotatable bonds is 7. The fourth-order valence-electron chi connectivity index (χ4n) is 2.06. The topological polar surface area (TPSA) is 69.6 Å². The lowest BCUT2D eigenvalue weighted by Crippen LogP contribution is -2.35. The second kappa shape index (κ2) is 7.48. The lowest BCUT2D eigenvalue weighted by atomic mass is 9.95. The molecule has 0 radical (unpaired) electrons. The summed E-state index contributed by atoms with van der Waals surface area (Å²) in [5, 5.41) is 22.9. The number of carbonyl (C=O) groups is 1. The molecule has 4 nitrogen and oxygen atoms in total. The first-order valence-corrected chi connectivity index (χ1v) is 6.72. The lowest BCUT2D eigenvalue weighted by Gasteiger charge is -2.25. The van der Waals surface area contributed by atoms with Gasteiger partial charge in [-0.2, -0.15) is 0 Å². The third kappa shape index (κ3) is 4.82. The van der Waals surface area contributed by atoms with Gasteiger partial charge in [-0.15, -0.1) is 0 Å². The quantitative estimate of drug-likeness (QED) is 0.720. The van der Waals surface area contributed by atoms with Crippen molar-refractivity contribution in [1.82, 2.24) is 5.32 Å². The van der Waals surface area contributed by atoms with Crippen LogP contribution in [0.3, 0.4) is 0 Å². The zero-order chi connectivity index (χ0) is 14.4. The Morgan fingerprint density at radius 3 is 2.74 bits per heavy atom. The van der Waals surface area contributed by atoms with Crippen LogP contribution in [0.15, 0.2) is 18.2 Å². The minimum absolute atomic E-state index is 0.0222. The summed E-state index contributed by atoms with van der Waals surface area (Å²) in [5.74, 6) is -0.863. The number of carboxylic acid groups (broad SMARTS) is 1. The number of hydrogen-bond acceptors (Lipinski definition) is 3. The molecule has 0 aliphatic carbocycles. The van der Waals surface area contributed by atoms with Gasteiger partial charge in [0.15, 0.2) is 0 Å². The molecule has 1 aromatic carbocycles. The van der Waals surface area contributed by atoms with Crippen LogP contribution in [0, 0.1) is 6.92 Å². The molecule has 0 fully saturated rings. The Morgan fingerprint density at radius 2 is 2.16 bits per heavy atom. The van der Waals surface area contributed by atoms with Crippen molar-refractivity contribution in [3.05, 3.63) is 34.3 Å². The van der Waals surface area contributed by atoms with E-state index in [2.05, 4.69) is 5.32 Å². The van der Waals surface area contributed by atoms with Gasteiger partial charge in [0.05, 0.1) is 6.10 Å². The Balaban J connectivity index is 2.88. The van der Waals surface area contributed by atoms with Gasteiger partial charge >= 0.3 is 5.97 Å². The van der Waals surface area contributed by atoms with Crippen LogP contribution >= 0.6 is 11.6 Å². The zero-order valence-electron chi connectivity index (χ0n) is 11.2. The normalized spacial score (nSPS) is 14.1. The molecule has 1 rings (SSSR count). The van der Waals surface area contributed by atoms with Gasteiger partial charge in [-0.05, 0) is 43.1 Å². The van der Waals surface area contributed by atoms with Crippen LogP contribution in [0.25, 0.3) is 0 Å². The summed E-state index contributed by atoms with van der Waals surface area (Å²) in [6.07, 6.45) is -0.372. The van der Waals surface area contributed by atoms with E-state index in [-0.39, 0.29) is 12.5 Å². The van der Waals surface area contributed by atoms with Gasteiger partial charge in [-0.3, -0.25) is 4.79 Å². The Morgan fingerprint density at radius 1 is 1.47 bits per heavy atom. The van der Waals surface area contributed by atoms with Gasteiger partial charge in [-0.25, -0.2) is 0 Å². The highest BCUT2D eigenvalue weighted by molar-refractivity contribution is 6.30. The smallest absolute Gasteiger partial charge is 0.303 e. The second-order valence-electron chi connectivity index (χ2n) is 4.54. The van der Waals surface area contributed by atoms with Crippen LogP contribution in [0.5, 0.6) is 0 Å². The fraction of sp³-hybridized carbons (Fsp3) is 0.500. The molecular formula is C14H20ClNO3. The number of aryl methyl sites for hydroxylation is 1. The Bertz CT molecular complexity index is 437. The molecule has 0 aliphatic heterocycles. The van der Waals surface area contributed by atoms with Crippen molar-refractivity contribution >= 4 is 17.6 Å². The van der Waals surface area contributed by atoms with Crippen molar-refractivity contribution < 1.29 is 15.0 Å². The van der Waals surface area contributed by atoms with E-state index in [4.69, 9.17) is 16.7 Å². The van der Waals surface area contributed by atoms with Crippen molar-refractivity contribution in [3.63, 3.8) is 0 Å². The summed E-state index contributed by atoms with van der Waals surface area (Å²) in [7, 11) is 0. The maximum Gasteiger partial charge on any atom is 0.303 e. The van der Waals surface area contributed by atoms with Crippen LogP contribution < -0.4 is 5.32 Å². The number of carboxylic acids is 1. The predicted molar refractivity (Wildman–Crippen MR) is 75.5 cm³/mol. The molecular weight excluding hydrogens is 266 g/mol. The van der Waals surface area contributed by atoms with Gasteiger partial charge in [0, 0.05) is 17.5 Å². The van der Waals surface area contributed by atoms with Crippen LogP contribution in [-0.2, 0) is 4.79 Å². The Labute approximate surface area is 118 Å². The number of nitrogens with one attached hydrogen (secondary N) is 1. The van der Waals surface area contributed by atoms with Crippen LogP contribution in [-0.4, -0.2) is 28.8 Å². The summed E-state index contributed by atoms with van der Waals surface area (Å²) in [5.41, 5.74) is 1.68. The first-order chi connectivity index (χ1) is 8.95. The van der Waals surface area contributed by atoms with Crippen molar-refractivity contribution in [3.8, 4) is 0 Å². The minimum Gasteiger partial charge on any atom is -0.481 e. The number of likely N-dealkylation sites (N-methyl/N-ethyl adjacent to an activating group) is 1. The standard InChI is InChI=1S/C14H20ClNO3/c1-3-16-12(6-7-13(17)18)14(19)11-8-10(15)5-4-9(11)2/h4-5,8,12,14,16,19H,3,6-7H2,1-2H3,(H,17,18). The van der Waals surface area contributed by atoms with Crippen molar-refractivity contribution in [1.29, 1.82) is 0 Å². The number of hydrogen-bond donors (Lipinski definition) is 3. The van der Waals surface area contributed by atoms with Crippen molar-refractivity contribution in [2.45, 2.75) is 38.8 Å². The SMILES string of the molecule is CCNC(CCC(=O)O)C(O)c1cc(Cl)ccc1C. The van der Waals surface area contributed by atoms with Crippen LogP contribution in [0.2, 0.25) is 5.02 Å². The molecule has 2 atom stereocenters. The van der Waals surface area contributed by atoms with E-state index in [1.807, 2.05) is 19.9 Å². The zero-order valence-corrected chi connectivity index (χ0v) is 11.9. The molecule has 3 N–H and O–H groups in total. The number of aliphatic hydroxyl groups excluding tert-OH is 1. The summed E-state index contributed by atoms with van der Waals surface area (Å²) >= 11 is 5.94. The third-order valence-corrected chi connectivity index (χ3v) is 3.31. The molecule has 0 aliphatic rings. The average Bonchev–Trinajstić information content (AvgIpc) is 2.36. The highest BCUT2D eigenvalue weighted by Gasteiger charge is 2.22. The first-order valence-electron chi connectivity index (χ1n) is 6.35. The van der Waals surface area contributed by atoms with Crippen molar-refractivity contribution in [2.75, 3.05) is 6.54 Å². The van der Waals surface area contributed by atoms with E-state index in [0.29, 0.717) is 18.0 Å². The monoisotopic (exact) mass is 285 g/mol. The van der Waals surface area contributed by atoms with Gasteiger partial charge in [0.25, 0.3) is 0 Å². The first kappa shape index (κ1) is 16.0. The summed E-state index contributed by atoms with van der Waals surface area (Å²) < 4.78 is 0. The Hall–Kier alpha value is -1.10. The number of benzene rings is 1. The number of aliphatic carboxylic acids is 1. The highest BCUT2D eigenvalue weighted by atomic mass is 35.5. The summed E-state index contributed by atoms with van der Waals surface area (Å²) in [4.78, 5) is 10.7. The molecule has 0 heterocycles. The third-order valence-electron chi connectivity index (χ3n) is 3.08. The number of aliphatic hydroxyl groups is 1. The van der Waals surface area contributed by atoms with E-state index in [1.165, 1.54) is 0 Å². The molecule has 2 unspecified atom stereocenters. The molecule has 106 valence electrons. The van der Waals surface area contributed by atoms with Gasteiger partial charge < -0.3 is 15.5 Å². The second-order valence-corrected chi connectivity index (χ2v) is 4.98. The summed E-state index contributed by atoms with van der Waals surface area (Å²) in [6, 6.07) is 5.05. The van der Waals surface area contributed by atoms with Crippen LogP contribution in [0.1, 0.15) is 37.0 Å². The molecule has 0 bridgehead atoms. The van der Waals surface area contributed by atoms with Gasteiger partial charge in [0.2, 0.25) is 0 Å². The highest BCUT2D eigenvalue weighted by Crippen LogP contribution is 2.26. The molecule has 0 spiro atoms. The summed E-state index contributed by atoms with van der Waals surface area (Å²) in [6.45, 7) is 4.49. The number of halogens is 1. The van der Waals surface area contributed by atoms with E-state index >= 15 is 0 Å². The Kier molecular flexibility index (Phi) is 6.28. The lowest BCUT2D eigenvalue weighted by molar-refractivity contribution is -0.137. The molecule has 0 aromatic heterocycles. The predicted octanol–water partition coefficient (Wildman–Crippen LogP) is 2.52. The van der Waals surface area contributed by atoms with E-state index in [0.717, 1.165) is 11.1 Å². The molecule has 0 saturated carbocycles. The molecule has 19 heavy (non-hydrogen) atoms. The van der Waals surface area contributed by atoms with E-state index in [1.54, 1.807) is 12.1 Å². The van der Waals surface area contributed by atoms with E-state index in [9.17, 15) is 9.90 Å². The van der Waals surface area contributed by atoms with Gasteiger partial charge in [0.1, 0.15) is 0 Å². The molecule has 0 saturated heterocycles. The van der Waals surface area contributed by atoms with Gasteiger partial charge in [-0.1, -0.05) is 24.6 Å². The molecule has 5 heteroatoms.